The summed E-state index contributed by atoms with van der Waals surface area (Å²) in [5.41, 5.74) is 4.63. The molecule has 1 fully saturated rings. The second-order valence-electron chi connectivity index (χ2n) is 8.73. The Morgan fingerprint density at radius 2 is 1.93 bits per heavy atom. The number of carbonyl (C=O) groups is 1. The molecule has 1 heterocycles. The maximum atomic E-state index is 12.9. The summed E-state index contributed by atoms with van der Waals surface area (Å²) in [7, 11) is 0. The molecule has 0 aromatic heterocycles. The topological polar surface area (TPSA) is 41.6 Å². The molecule has 1 aliphatic heterocycles. The fraction of sp³-hybridized carbons (Fsp3) is 0.500. The molecule has 30 heavy (non-hydrogen) atoms. The van der Waals surface area contributed by atoms with Gasteiger partial charge in [-0.3, -0.25) is 4.79 Å². The third-order valence-electron chi connectivity index (χ3n) is 6.26. The molecule has 1 amide bonds. The highest BCUT2D eigenvalue weighted by atomic mass is 16.5. The summed E-state index contributed by atoms with van der Waals surface area (Å²) in [6.45, 7) is 12.7. The molecule has 0 saturated carbocycles. The van der Waals surface area contributed by atoms with Crippen LogP contribution in [0.5, 0.6) is 5.75 Å². The molecule has 0 spiro atoms. The molecule has 4 heteroatoms. The molecule has 3 atom stereocenters. The van der Waals surface area contributed by atoms with E-state index in [4.69, 9.17) is 4.74 Å². The first kappa shape index (κ1) is 22.2. The number of hydrogen-bond acceptors (Lipinski definition) is 3. The summed E-state index contributed by atoms with van der Waals surface area (Å²) in [6, 6.07) is 14.5. The summed E-state index contributed by atoms with van der Waals surface area (Å²) in [5, 5.41) is 3.13. The van der Waals surface area contributed by atoms with Crippen molar-refractivity contribution in [1.29, 1.82) is 0 Å². The van der Waals surface area contributed by atoms with Crippen LogP contribution in [0.3, 0.4) is 0 Å². The highest BCUT2D eigenvalue weighted by Crippen LogP contribution is 2.25. The molecule has 1 saturated heterocycles. The fourth-order valence-electron chi connectivity index (χ4n) is 4.11. The Morgan fingerprint density at radius 1 is 1.20 bits per heavy atom. The van der Waals surface area contributed by atoms with E-state index in [2.05, 4.69) is 54.4 Å². The van der Waals surface area contributed by atoms with Crippen molar-refractivity contribution in [1.82, 2.24) is 5.32 Å². The van der Waals surface area contributed by atoms with E-state index in [0.29, 0.717) is 6.42 Å². The standard InChI is InChI=1S/C26H36N2O2/c1-6-24(30-25-11-7-10-19(3)20(25)4)26(29)27-21(5)22-12-14-23(15-13-22)28-16-8-9-18(2)17-28/h7,10-15,18,21,24H,6,8-9,16-17H2,1-5H3,(H,27,29)/t18-,21+,24-/m1/s1. The van der Waals surface area contributed by atoms with Crippen molar-refractivity contribution in [3.8, 4) is 5.75 Å². The van der Waals surface area contributed by atoms with Crippen LogP contribution in [0.25, 0.3) is 0 Å². The molecule has 1 N–H and O–H groups in total. The average molecular weight is 409 g/mol. The minimum atomic E-state index is -0.498. The highest BCUT2D eigenvalue weighted by Gasteiger charge is 2.22. The molecule has 0 bridgehead atoms. The van der Waals surface area contributed by atoms with Crippen LogP contribution in [-0.2, 0) is 4.79 Å². The predicted octanol–water partition coefficient (Wildman–Crippen LogP) is 5.57. The normalized spacial score (nSPS) is 18.6. The Balaban J connectivity index is 1.61. The molecular formula is C26H36N2O2. The molecular weight excluding hydrogens is 372 g/mol. The van der Waals surface area contributed by atoms with Gasteiger partial charge < -0.3 is 15.0 Å². The molecule has 0 aliphatic carbocycles. The van der Waals surface area contributed by atoms with E-state index >= 15 is 0 Å². The molecule has 1 aliphatic rings. The molecule has 4 nitrogen and oxygen atoms in total. The number of carbonyl (C=O) groups excluding carboxylic acids is 1. The van der Waals surface area contributed by atoms with E-state index in [9.17, 15) is 4.79 Å². The smallest absolute Gasteiger partial charge is 0.261 e. The Morgan fingerprint density at radius 3 is 2.60 bits per heavy atom. The molecule has 162 valence electrons. The first-order valence-electron chi connectivity index (χ1n) is 11.3. The largest absolute Gasteiger partial charge is 0.480 e. The van der Waals surface area contributed by atoms with Gasteiger partial charge in [0.2, 0.25) is 0 Å². The highest BCUT2D eigenvalue weighted by molar-refractivity contribution is 5.81. The van der Waals surface area contributed by atoms with Gasteiger partial charge in [0.15, 0.2) is 6.10 Å². The number of benzene rings is 2. The zero-order valence-electron chi connectivity index (χ0n) is 19.1. The number of anilines is 1. The van der Waals surface area contributed by atoms with Crippen molar-refractivity contribution in [2.24, 2.45) is 5.92 Å². The maximum absolute atomic E-state index is 12.9. The number of nitrogens with zero attached hydrogens (tertiary/aromatic N) is 1. The second-order valence-corrected chi connectivity index (χ2v) is 8.73. The summed E-state index contributed by atoms with van der Waals surface area (Å²) in [6.07, 6.45) is 2.70. The van der Waals surface area contributed by atoms with Gasteiger partial charge in [0.25, 0.3) is 5.91 Å². The monoisotopic (exact) mass is 408 g/mol. The quantitative estimate of drug-likeness (QED) is 0.651. The van der Waals surface area contributed by atoms with Gasteiger partial charge in [-0.25, -0.2) is 0 Å². The third-order valence-corrected chi connectivity index (χ3v) is 6.26. The van der Waals surface area contributed by atoms with Crippen LogP contribution >= 0.6 is 0 Å². The Labute approximate surface area is 181 Å². The van der Waals surface area contributed by atoms with Crippen LogP contribution < -0.4 is 15.0 Å². The van der Waals surface area contributed by atoms with Gasteiger partial charge in [0, 0.05) is 18.8 Å². The van der Waals surface area contributed by atoms with Gasteiger partial charge in [0.1, 0.15) is 5.75 Å². The Hall–Kier alpha value is -2.49. The fourth-order valence-corrected chi connectivity index (χ4v) is 4.11. The zero-order valence-corrected chi connectivity index (χ0v) is 19.1. The predicted molar refractivity (Wildman–Crippen MR) is 124 cm³/mol. The van der Waals surface area contributed by atoms with Crippen molar-refractivity contribution in [2.75, 3.05) is 18.0 Å². The number of aryl methyl sites for hydroxylation is 1. The zero-order chi connectivity index (χ0) is 21.7. The van der Waals surface area contributed by atoms with Crippen molar-refractivity contribution < 1.29 is 9.53 Å². The molecule has 0 radical (unpaired) electrons. The SMILES string of the molecule is CC[C@@H](Oc1cccc(C)c1C)C(=O)N[C@@H](C)c1ccc(N2CCC[C@@H](C)C2)cc1. The number of nitrogens with one attached hydrogen (secondary N) is 1. The van der Waals surface area contributed by atoms with Crippen LogP contribution in [-0.4, -0.2) is 25.1 Å². The Bertz CT molecular complexity index is 847. The van der Waals surface area contributed by atoms with Crippen molar-refractivity contribution in [3.63, 3.8) is 0 Å². The molecule has 2 aromatic rings. The van der Waals surface area contributed by atoms with Gasteiger partial charge in [0.05, 0.1) is 6.04 Å². The number of ether oxygens (including phenoxy) is 1. The number of piperidine rings is 1. The van der Waals surface area contributed by atoms with Gasteiger partial charge in [-0.2, -0.15) is 0 Å². The van der Waals surface area contributed by atoms with E-state index < -0.39 is 6.10 Å². The molecule has 0 unspecified atom stereocenters. The maximum Gasteiger partial charge on any atom is 0.261 e. The van der Waals surface area contributed by atoms with Gasteiger partial charge in [-0.1, -0.05) is 38.1 Å². The lowest BCUT2D eigenvalue weighted by Gasteiger charge is -2.33. The van der Waals surface area contributed by atoms with E-state index in [1.54, 1.807) is 0 Å². The second kappa shape index (κ2) is 10.0. The molecule has 2 aromatic carbocycles. The third kappa shape index (κ3) is 5.35. The summed E-state index contributed by atoms with van der Waals surface area (Å²) < 4.78 is 6.06. The van der Waals surface area contributed by atoms with Crippen LogP contribution in [0, 0.1) is 19.8 Å². The molecule has 3 rings (SSSR count). The minimum Gasteiger partial charge on any atom is -0.480 e. The summed E-state index contributed by atoms with van der Waals surface area (Å²) in [5.74, 6) is 1.46. The van der Waals surface area contributed by atoms with Crippen molar-refractivity contribution in [2.45, 2.75) is 66.0 Å². The Kier molecular flexibility index (Phi) is 7.41. The van der Waals surface area contributed by atoms with Crippen LogP contribution in [0.15, 0.2) is 42.5 Å². The van der Waals surface area contributed by atoms with Crippen molar-refractivity contribution >= 4 is 11.6 Å². The van der Waals surface area contributed by atoms with E-state index in [0.717, 1.165) is 35.9 Å². The summed E-state index contributed by atoms with van der Waals surface area (Å²) >= 11 is 0. The average Bonchev–Trinajstić information content (AvgIpc) is 2.74. The van der Waals surface area contributed by atoms with Crippen LogP contribution in [0.4, 0.5) is 5.69 Å². The lowest BCUT2D eigenvalue weighted by Crippen LogP contribution is -2.39. The number of amides is 1. The lowest BCUT2D eigenvalue weighted by atomic mass is 9.99. The van der Waals surface area contributed by atoms with Gasteiger partial charge in [-0.05, 0) is 80.8 Å². The van der Waals surface area contributed by atoms with Gasteiger partial charge >= 0.3 is 0 Å². The van der Waals surface area contributed by atoms with Crippen LogP contribution in [0.1, 0.15) is 62.8 Å². The van der Waals surface area contributed by atoms with Crippen LogP contribution in [0.2, 0.25) is 0 Å². The number of hydrogen-bond donors (Lipinski definition) is 1. The number of rotatable bonds is 7. The summed E-state index contributed by atoms with van der Waals surface area (Å²) in [4.78, 5) is 15.3. The van der Waals surface area contributed by atoms with E-state index in [1.807, 2.05) is 32.9 Å². The van der Waals surface area contributed by atoms with E-state index in [-0.39, 0.29) is 11.9 Å². The first-order valence-corrected chi connectivity index (χ1v) is 11.3. The lowest BCUT2D eigenvalue weighted by molar-refractivity contribution is -0.128. The van der Waals surface area contributed by atoms with Gasteiger partial charge in [-0.15, -0.1) is 0 Å². The first-order chi connectivity index (χ1) is 14.4. The van der Waals surface area contributed by atoms with E-state index in [1.165, 1.54) is 24.1 Å². The minimum absolute atomic E-state index is 0.0666. The van der Waals surface area contributed by atoms with Crippen molar-refractivity contribution in [3.05, 3.63) is 59.2 Å².